The van der Waals surface area contributed by atoms with Crippen LogP contribution in [0.2, 0.25) is 19.6 Å². The lowest BCUT2D eigenvalue weighted by Crippen LogP contribution is -2.37. The molecule has 0 aliphatic carbocycles. The zero-order valence-corrected chi connectivity index (χ0v) is 19.0. The SMILES string of the molecule is CC(C)c1ccc(-c2cc(-c3ccccc3)c3cc([Si](C)(C)C)ccc3n2)cc1. The summed E-state index contributed by atoms with van der Waals surface area (Å²) in [7, 11) is -1.40. The first-order valence-corrected chi connectivity index (χ1v) is 13.9. The second-order valence-electron chi connectivity index (χ2n) is 9.18. The Bertz CT molecular complexity index is 1140. The molecule has 1 nitrogen and oxygen atoms in total. The molecular weight excluding hydrogens is 366 g/mol. The van der Waals surface area contributed by atoms with Gasteiger partial charge < -0.3 is 0 Å². The van der Waals surface area contributed by atoms with Crippen molar-refractivity contribution in [1.29, 1.82) is 0 Å². The van der Waals surface area contributed by atoms with Gasteiger partial charge in [0, 0.05) is 10.9 Å². The zero-order valence-electron chi connectivity index (χ0n) is 18.0. The van der Waals surface area contributed by atoms with Crippen LogP contribution in [0.3, 0.4) is 0 Å². The quantitative estimate of drug-likeness (QED) is 0.332. The second-order valence-corrected chi connectivity index (χ2v) is 14.3. The third kappa shape index (κ3) is 4.04. The molecule has 0 atom stereocenters. The third-order valence-corrected chi connectivity index (χ3v) is 7.68. The first-order valence-electron chi connectivity index (χ1n) is 10.4. The van der Waals surface area contributed by atoms with E-state index in [1.54, 1.807) is 0 Å². The molecule has 0 unspecified atom stereocenters. The minimum Gasteiger partial charge on any atom is -0.248 e. The van der Waals surface area contributed by atoms with Gasteiger partial charge in [-0.2, -0.15) is 0 Å². The first kappa shape index (κ1) is 19.6. The molecule has 0 saturated heterocycles. The summed E-state index contributed by atoms with van der Waals surface area (Å²) in [5.74, 6) is 0.536. The number of pyridine rings is 1. The molecule has 0 spiro atoms. The summed E-state index contributed by atoms with van der Waals surface area (Å²) in [6, 6.07) is 28.7. The zero-order chi connectivity index (χ0) is 20.6. The summed E-state index contributed by atoms with van der Waals surface area (Å²) < 4.78 is 0. The van der Waals surface area contributed by atoms with E-state index in [4.69, 9.17) is 4.98 Å². The summed E-state index contributed by atoms with van der Waals surface area (Å²) >= 11 is 0. The van der Waals surface area contributed by atoms with E-state index in [1.165, 1.54) is 32.8 Å². The van der Waals surface area contributed by atoms with E-state index < -0.39 is 8.07 Å². The Labute approximate surface area is 175 Å². The molecule has 3 aromatic carbocycles. The van der Waals surface area contributed by atoms with Crippen molar-refractivity contribution in [2.75, 3.05) is 0 Å². The van der Waals surface area contributed by atoms with Crippen LogP contribution in [0.5, 0.6) is 0 Å². The fourth-order valence-corrected chi connectivity index (χ4v) is 4.90. The molecule has 0 amide bonds. The summed E-state index contributed by atoms with van der Waals surface area (Å²) in [5.41, 5.74) is 7.13. The van der Waals surface area contributed by atoms with E-state index in [2.05, 4.69) is 112 Å². The van der Waals surface area contributed by atoms with Crippen molar-refractivity contribution in [2.45, 2.75) is 39.4 Å². The minimum atomic E-state index is -1.40. The van der Waals surface area contributed by atoms with Crippen molar-refractivity contribution < 1.29 is 0 Å². The van der Waals surface area contributed by atoms with Gasteiger partial charge in [-0.15, -0.1) is 0 Å². The van der Waals surface area contributed by atoms with Gasteiger partial charge in [-0.25, -0.2) is 4.98 Å². The highest BCUT2D eigenvalue weighted by Crippen LogP contribution is 2.32. The number of fused-ring (bicyclic) bond motifs is 1. The van der Waals surface area contributed by atoms with Gasteiger partial charge in [0.2, 0.25) is 0 Å². The van der Waals surface area contributed by atoms with E-state index in [-0.39, 0.29) is 0 Å². The summed E-state index contributed by atoms with van der Waals surface area (Å²) in [6.07, 6.45) is 0. The molecule has 0 saturated carbocycles. The fourth-order valence-electron chi connectivity index (χ4n) is 3.74. The number of benzene rings is 3. The van der Waals surface area contributed by atoms with E-state index in [0.717, 1.165) is 11.2 Å². The number of rotatable bonds is 4. The molecule has 0 radical (unpaired) electrons. The highest BCUT2D eigenvalue weighted by molar-refractivity contribution is 6.88. The van der Waals surface area contributed by atoms with Crippen LogP contribution >= 0.6 is 0 Å². The van der Waals surface area contributed by atoms with Gasteiger partial charge in [0.05, 0.1) is 19.3 Å². The van der Waals surface area contributed by atoms with Crippen molar-refractivity contribution in [1.82, 2.24) is 4.98 Å². The van der Waals surface area contributed by atoms with Crippen LogP contribution in [-0.2, 0) is 0 Å². The fraction of sp³-hybridized carbons (Fsp3) is 0.222. The normalized spacial score (nSPS) is 11.9. The molecule has 1 aromatic heterocycles. The maximum atomic E-state index is 5.04. The smallest absolute Gasteiger partial charge is 0.0776 e. The molecule has 146 valence electrons. The molecule has 0 aliphatic rings. The van der Waals surface area contributed by atoms with Crippen LogP contribution in [-0.4, -0.2) is 13.1 Å². The molecular formula is C27H29NSi. The van der Waals surface area contributed by atoms with Crippen molar-refractivity contribution >= 4 is 24.2 Å². The average molecular weight is 396 g/mol. The lowest BCUT2D eigenvalue weighted by atomic mass is 9.97. The molecule has 29 heavy (non-hydrogen) atoms. The van der Waals surface area contributed by atoms with Crippen LogP contribution in [0.25, 0.3) is 33.3 Å². The average Bonchev–Trinajstić information content (AvgIpc) is 2.72. The Hall–Kier alpha value is -2.71. The van der Waals surface area contributed by atoms with Gasteiger partial charge in [0.15, 0.2) is 0 Å². The molecule has 0 fully saturated rings. The maximum Gasteiger partial charge on any atom is 0.0776 e. The lowest BCUT2D eigenvalue weighted by molar-refractivity contribution is 0.867. The topological polar surface area (TPSA) is 12.9 Å². The molecule has 2 heteroatoms. The molecule has 0 N–H and O–H groups in total. The van der Waals surface area contributed by atoms with Gasteiger partial charge in [-0.3, -0.25) is 0 Å². The second kappa shape index (κ2) is 7.60. The first-order chi connectivity index (χ1) is 13.8. The Balaban J connectivity index is 1.94. The predicted molar refractivity (Wildman–Crippen MR) is 130 cm³/mol. The standard InChI is InChI=1S/C27H29NSi/c1-19(2)20-11-13-22(14-12-20)27-18-24(21-9-7-6-8-10-21)25-17-23(29(3,4)5)15-16-26(25)28-27/h6-19H,1-5H3. The van der Waals surface area contributed by atoms with Gasteiger partial charge in [-0.1, -0.05) is 105 Å². The van der Waals surface area contributed by atoms with Crippen LogP contribution < -0.4 is 5.19 Å². The van der Waals surface area contributed by atoms with Gasteiger partial charge in [0.25, 0.3) is 0 Å². The van der Waals surface area contributed by atoms with Gasteiger partial charge in [-0.05, 0) is 34.7 Å². The van der Waals surface area contributed by atoms with Crippen molar-refractivity contribution in [2.24, 2.45) is 0 Å². The Morgan fingerprint density at radius 1 is 0.724 bits per heavy atom. The predicted octanol–water partition coefficient (Wildman–Crippen LogP) is 7.24. The number of aromatic nitrogens is 1. The third-order valence-electron chi connectivity index (χ3n) is 5.63. The Kier molecular flexibility index (Phi) is 5.14. The van der Waals surface area contributed by atoms with Crippen LogP contribution in [0, 0.1) is 0 Å². The van der Waals surface area contributed by atoms with Gasteiger partial charge >= 0.3 is 0 Å². The summed E-state index contributed by atoms with van der Waals surface area (Å²) in [6.45, 7) is 11.6. The number of hydrogen-bond donors (Lipinski definition) is 0. The highest BCUT2D eigenvalue weighted by Gasteiger charge is 2.18. The number of hydrogen-bond acceptors (Lipinski definition) is 1. The molecule has 0 bridgehead atoms. The van der Waals surface area contributed by atoms with Crippen LogP contribution in [0.1, 0.15) is 25.3 Å². The molecule has 4 aromatic rings. The maximum absolute atomic E-state index is 5.04. The molecule has 4 rings (SSSR count). The van der Waals surface area contributed by atoms with Crippen LogP contribution in [0.4, 0.5) is 0 Å². The van der Waals surface area contributed by atoms with Crippen molar-refractivity contribution in [3.8, 4) is 22.4 Å². The lowest BCUT2D eigenvalue weighted by Gasteiger charge is -2.18. The van der Waals surface area contributed by atoms with Crippen molar-refractivity contribution in [3.63, 3.8) is 0 Å². The van der Waals surface area contributed by atoms with E-state index in [1.807, 2.05) is 0 Å². The highest BCUT2D eigenvalue weighted by atomic mass is 28.3. The summed E-state index contributed by atoms with van der Waals surface area (Å²) in [5, 5.41) is 2.72. The largest absolute Gasteiger partial charge is 0.248 e. The van der Waals surface area contributed by atoms with E-state index >= 15 is 0 Å². The van der Waals surface area contributed by atoms with Gasteiger partial charge in [0.1, 0.15) is 0 Å². The molecule has 0 aliphatic heterocycles. The number of nitrogens with zero attached hydrogens (tertiary/aromatic N) is 1. The van der Waals surface area contributed by atoms with Crippen LogP contribution in [0.15, 0.2) is 78.9 Å². The Morgan fingerprint density at radius 2 is 1.41 bits per heavy atom. The monoisotopic (exact) mass is 395 g/mol. The molecule has 1 heterocycles. The van der Waals surface area contributed by atoms with Crippen molar-refractivity contribution in [3.05, 3.63) is 84.4 Å². The Morgan fingerprint density at radius 3 is 2.03 bits per heavy atom. The van der Waals surface area contributed by atoms with E-state index in [9.17, 15) is 0 Å². The summed E-state index contributed by atoms with van der Waals surface area (Å²) in [4.78, 5) is 5.04. The minimum absolute atomic E-state index is 0.536. The van der Waals surface area contributed by atoms with E-state index in [0.29, 0.717) is 5.92 Å².